The molecule has 5 nitrogen and oxygen atoms in total. The van der Waals surface area contributed by atoms with Gasteiger partial charge in [0.15, 0.2) is 0 Å². The first-order valence-corrected chi connectivity index (χ1v) is 8.71. The van der Waals surface area contributed by atoms with Crippen LogP contribution in [0.25, 0.3) is 0 Å². The molecule has 6 heteroatoms. The summed E-state index contributed by atoms with van der Waals surface area (Å²) in [4.78, 5) is 15.7. The zero-order valence-corrected chi connectivity index (χ0v) is 13.8. The van der Waals surface area contributed by atoms with E-state index in [9.17, 15) is 4.79 Å². The highest BCUT2D eigenvalue weighted by atomic mass is 32.2. The molecule has 2 aromatic carbocycles. The van der Waals surface area contributed by atoms with E-state index in [1.165, 1.54) is 11.8 Å². The fraction of sp³-hybridized carbons (Fsp3) is 0.222. The second-order valence-electron chi connectivity index (χ2n) is 5.67. The Hall–Kier alpha value is -2.47. The second kappa shape index (κ2) is 6.20. The molecule has 2 heterocycles. The summed E-state index contributed by atoms with van der Waals surface area (Å²) in [5, 5.41) is 3.05. The Balaban J connectivity index is 1.62. The number of hydrogen-bond donors (Lipinski definition) is 1. The third-order valence-electron chi connectivity index (χ3n) is 4.00. The third kappa shape index (κ3) is 2.73. The SMILES string of the molecule is O=C(N1CCC1)C1(Sc2ccccc2)NN=C(c2ccccc2)O1. The number of hydrazone groups is 1. The van der Waals surface area contributed by atoms with E-state index < -0.39 is 5.06 Å². The van der Waals surface area contributed by atoms with Gasteiger partial charge in [-0.15, -0.1) is 5.10 Å². The molecule has 4 rings (SSSR count). The quantitative estimate of drug-likeness (QED) is 0.930. The van der Waals surface area contributed by atoms with E-state index in [0.717, 1.165) is 30.0 Å². The highest BCUT2D eigenvalue weighted by Gasteiger charge is 2.50. The zero-order valence-electron chi connectivity index (χ0n) is 13.0. The molecule has 24 heavy (non-hydrogen) atoms. The maximum absolute atomic E-state index is 13.0. The van der Waals surface area contributed by atoms with Gasteiger partial charge in [0.25, 0.3) is 0 Å². The first-order chi connectivity index (χ1) is 11.8. The van der Waals surface area contributed by atoms with Crippen LogP contribution < -0.4 is 5.43 Å². The third-order valence-corrected chi connectivity index (χ3v) is 5.14. The monoisotopic (exact) mass is 339 g/mol. The standard InChI is InChI=1S/C18H17N3O2S/c22-17(21-12-7-13-21)18(24-15-10-5-2-6-11-15)20-19-16(23-18)14-8-3-1-4-9-14/h1-6,8-11,20H,7,12-13H2. The number of likely N-dealkylation sites (tertiary alicyclic amines) is 1. The average Bonchev–Trinajstić information content (AvgIpc) is 3.00. The van der Waals surface area contributed by atoms with Crippen molar-refractivity contribution in [3.8, 4) is 0 Å². The summed E-state index contributed by atoms with van der Waals surface area (Å²) < 4.78 is 6.07. The molecule has 2 aliphatic rings. The minimum absolute atomic E-state index is 0.0858. The Kier molecular flexibility index (Phi) is 3.90. The van der Waals surface area contributed by atoms with Gasteiger partial charge in [0.2, 0.25) is 5.90 Å². The minimum Gasteiger partial charge on any atom is -0.429 e. The maximum atomic E-state index is 13.0. The fourth-order valence-corrected chi connectivity index (χ4v) is 3.62. The highest BCUT2D eigenvalue weighted by Crippen LogP contribution is 2.37. The molecule has 2 aromatic rings. The molecule has 1 N–H and O–H groups in total. The average molecular weight is 339 g/mol. The van der Waals surface area contributed by atoms with Crippen molar-refractivity contribution in [2.45, 2.75) is 16.4 Å². The van der Waals surface area contributed by atoms with Crippen molar-refractivity contribution >= 4 is 23.6 Å². The van der Waals surface area contributed by atoms with Crippen molar-refractivity contribution in [1.29, 1.82) is 0 Å². The first kappa shape index (κ1) is 15.1. The van der Waals surface area contributed by atoms with Gasteiger partial charge in [-0.05, 0) is 42.4 Å². The smallest absolute Gasteiger partial charge is 0.330 e. The topological polar surface area (TPSA) is 53.9 Å². The summed E-state index contributed by atoms with van der Waals surface area (Å²) in [5.74, 6) is 0.352. The summed E-state index contributed by atoms with van der Waals surface area (Å²) in [6.07, 6.45) is 1.03. The maximum Gasteiger partial charge on any atom is 0.330 e. The van der Waals surface area contributed by atoms with Crippen LogP contribution in [0, 0.1) is 0 Å². The van der Waals surface area contributed by atoms with Gasteiger partial charge >= 0.3 is 11.0 Å². The number of carbonyl (C=O) groups excluding carboxylic acids is 1. The number of thioether (sulfide) groups is 1. The van der Waals surface area contributed by atoms with Gasteiger partial charge in [-0.3, -0.25) is 4.79 Å². The Morgan fingerprint density at radius 3 is 2.38 bits per heavy atom. The van der Waals surface area contributed by atoms with E-state index in [2.05, 4.69) is 10.5 Å². The lowest BCUT2D eigenvalue weighted by Crippen LogP contribution is -2.57. The Morgan fingerprint density at radius 1 is 1.08 bits per heavy atom. The van der Waals surface area contributed by atoms with E-state index in [1.54, 1.807) is 4.90 Å². The van der Waals surface area contributed by atoms with Crippen LogP contribution in [0.1, 0.15) is 12.0 Å². The lowest BCUT2D eigenvalue weighted by molar-refractivity contribution is -0.146. The molecule has 0 aliphatic carbocycles. The molecular weight excluding hydrogens is 322 g/mol. The number of nitrogens with one attached hydrogen (secondary N) is 1. The van der Waals surface area contributed by atoms with E-state index in [-0.39, 0.29) is 5.91 Å². The van der Waals surface area contributed by atoms with Gasteiger partial charge < -0.3 is 9.64 Å². The molecule has 1 saturated heterocycles. The fourth-order valence-electron chi connectivity index (χ4n) is 2.57. The number of amides is 1. The number of hydrogen-bond acceptors (Lipinski definition) is 5. The number of ether oxygens (including phenoxy) is 1. The van der Waals surface area contributed by atoms with Crippen LogP contribution in [0.4, 0.5) is 0 Å². The van der Waals surface area contributed by atoms with E-state index in [1.807, 2.05) is 60.7 Å². The van der Waals surface area contributed by atoms with Crippen molar-refractivity contribution in [2.24, 2.45) is 5.10 Å². The lowest BCUT2D eigenvalue weighted by Gasteiger charge is -2.37. The van der Waals surface area contributed by atoms with Crippen LogP contribution in [0.15, 0.2) is 70.7 Å². The van der Waals surface area contributed by atoms with Crippen molar-refractivity contribution in [3.05, 3.63) is 66.2 Å². The van der Waals surface area contributed by atoms with Crippen LogP contribution in [0.5, 0.6) is 0 Å². The summed E-state index contributed by atoms with van der Waals surface area (Å²) >= 11 is 1.34. The first-order valence-electron chi connectivity index (χ1n) is 7.90. The van der Waals surface area contributed by atoms with Crippen LogP contribution in [-0.4, -0.2) is 34.9 Å². The zero-order chi connectivity index (χ0) is 16.4. The Bertz CT molecular complexity index is 762. The van der Waals surface area contributed by atoms with Crippen LogP contribution in [0.3, 0.4) is 0 Å². The second-order valence-corrected chi connectivity index (χ2v) is 6.92. The Morgan fingerprint density at radius 2 is 1.75 bits per heavy atom. The molecule has 0 bridgehead atoms. The van der Waals surface area contributed by atoms with Crippen molar-refractivity contribution in [3.63, 3.8) is 0 Å². The Labute approximate surface area is 144 Å². The molecule has 1 unspecified atom stereocenters. The molecule has 1 amide bonds. The van der Waals surface area contributed by atoms with Gasteiger partial charge in [-0.25, -0.2) is 5.43 Å². The molecule has 1 atom stereocenters. The van der Waals surface area contributed by atoms with Crippen molar-refractivity contribution in [1.82, 2.24) is 10.3 Å². The molecular formula is C18H17N3O2S. The van der Waals surface area contributed by atoms with Gasteiger partial charge in [0.1, 0.15) is 0 Å². The summed E-state index contributed by atoms with van der Waals surface area (Å²) in [6, 6.07) is 19.4. The van der Waals surface area contributed by atoms with Gasteiger partial charge in [-0.1, -0.05) is 36.4 Å². The molecule has 0 saturated carbocycles. The summed E-state index contributed by atoms with van der Waals surface area (Å²) in [5.41, 5.74) is 3.80. The van der Waals surface area contributed by atoms with Crippen LogP contribution in [-0.2, 0) is 9.53 Å². The number of nitrogens with zero attached hydrogens (tertiary/aromatic N) is 2. The number of carbonyl (C=O) groups is 1. The largest absolute Gasteiger partial charge is 0.429 e. The van der Waals surface area contributed by atoms with Gasteiger partial charge in [-0.2, -0.15) is 0 Å². The molecule has 1 fully saturated rings. The van der Waals surface area contributed by atoms with Gasteiger partial charge in [0, 0.05) is 23.5 Å². The van der Waals surface area contributed by atoms with Crippen molar-refractivity contribution < 1.29 is 9.53 Å². The summed E-state index contributed by atoms with van der Waals surface area (Å²) in [7, 11) is 0. The highest BCUT2D eigenvalue weighted by molar-refractivity contribution is 8.01. The molecule has 0 radical (unpaired) electrons. The minimum atomic E-state index is -1.24. The molecule has 2 aliphatic heterocycles. The summed E-state index contributed by atoms with van der Waals surface area (Å²) in [6.45, 7) is 1.53. The van der Waals surface area contributed by atoms with E-state index in [4.69, 9.17) is 4.74 Å². The van der Waals surface area contributed by atoms with Crippen molar-refractivity contribution in [2.75, 3.05) is 13.1 Å². The lowest BCUT2D eigenvalue weighted by atomic mass is 10.2. The van der Waals surface area contributed by atoms with Crippen LogP contribution in [0.2, 0.25) is 0 Å². The van der Waals surface area contributed by atoms with E-state index in [0.29, 0.717) is 5.90 Å². The molecule has 0 aromatic heterocycles. The molecule has 122 valence electrons. The predicted octanol–water partition coefficient (Wildman–Crippen LogP) is 2.65. The molecule has 0 spiro atoms. The normalized spacial score (nSPS) is 22.2. The van der Waals surface area contributed by atoms with Crippen LogP contribution >= 0.6 is 11.8 Å². The number of rotatable bonds is 4. The van der Waals surface area contributed by atoms with E-state index >= 15 is 0 Å². The predicted molar refractivity (Wildman–Crippen MR) is 93.4 cm³/mol. The van der Waals surface area contributed by atoms with Gasteiger partial charge in [0.05, 0.1) is 0 Å². The number of benzene rings is 2.